The highest BCUT2D eigenvalue weighted by atomic mass is 16.6. The summed E-state index contributed by atoms with van der Waals surface area (Å²) in [5, 5.41) is 22.6. The number of nitrogens with zero attached hydrogens (tertiary/aromatic N) is 2. The molecule has 0 N–H and O–H groups in total. The number of hydrogen-bond acceptors (Lipinski definition) is 4. The van der Waals surface area contributed by atoms with E-state index in [1.807, 2.05) is 0 Å². The van der Waals surface area contributed by atoms with Crippen molar-refractivity contribution in [3.05, 3.63) is 45.2 Å². The molecule has 0 aliphatic carbocycles. The first-order valence-corrected chi connectivity index (χ1v) is 3.15. The van der Waals surface area contributed by atoms with E-state index in [9.17, 15) is 15.3 Å². The van der Waals surface area contributed by atoms with Gasteiger partial charge >= 0.3 is 0 Å². The van der Waals surface area contributed by atoms with Gasteiger partial charge in [0.2, 0.25) is 0 Å². The summed E-state index contributed by atoms with van der Waals surface area (Å²) < 4.78 is 0. The van der Waals surface area contributed by atoms with Crippen LogP contribution < -0.4 is 0 Å². The number of hydrogen-bond donors (Lipinski definition) is 0. The molecule has 0 atom stereocenters. The molecule has 5 nitrogen and oxygen atoms in total. The van der Waals surface area contributed by atoms with E-state index in [-0.39, 0.29) is 11.3 Å². The lowest BCUT2D eigenvalue weighted by molar-refractivity contribution is -0.385. The molecule has 0 bridgehead atoms. The largest absolute Gasteiger partial charge is 0.792 e. The van der Waals surface area contributed by atoms with Crippen molar-refractivity contribution in [1.29, 1.82) is 0 Å². The minimum Gasteiger partial charge on any atom is -0.792 e. The van der Waals surface area contributed by atoms with E-state index in [4.69, 9.17) is 0 Å². The molecule has 0 unspecified atom stereocenters. The van der Waals surface area contributed by atoms with Gasteiger partial charge in [-0.2, -0.15) is 0 Å². The van der Waals surface area contributed by atoms with Crippen LogP contribution in [0, 0.1) is 15.3 Å². The molecule has 1 aromatic carbocycles. The third-order valence-corrected chi connectivity index (χ3v) is 1.33. The molecule has 12 heavy (non-hydrogen) atoms. The average Bonchev–Trinajstić information content (AvgIpc) is 2.05. The van der Waals surface area contributed by atoms with E-state index in [1.54, 1.807) is 6.07 Å². The van der Waals surface area contributed by atoms with Crippen LogP contribution in [-0.4, -0.2) is 11.1 Å². The van der Waals surface area contributed by atoms with Crippen LogP contribution in [0.1, 0.15) is 5.56 Å². The standard InChI is InChI=1S/C7H6N2O3/c10-8-5-6-3-1-2-4-7(6)9(11)12/h1-5,10H/p-1. The molecule has 0 saturated carbocycles. The van der Waals surface area contributed by atoms with Crippen molar-refractivity contribution in [2.75, 3.05) is 0 Å². The number of nitro groups is 1. The highest BCUT2D eigenvalue weighted by molar-refractivity contribution is 5.85. The zero-order valence-electron chi connectivity index (χ0n) is 6.01. The maximum Gasteiger partial charge on any atom is 0.278 e. The second-order valence-electron chi connectivity index (χ2n) is 2.05. The molecule has 0 aromatic heterocycles. The highest BCUT2D eigenvalue weighted by Gasteiger charge is 2.08. The Balaban J connectivity index is 3.17. The number of para-hydroxylation sites is 1. The molecule has 0 heterocycles. The second kappa shape index (κ2) is 3.47. The topological polar surface area (TPSA) is 78.6 Å². The summed E-state index contributed by atoms with van der Waals surface area (Å²) in [5.74, 6) is 0. The van der Waals surface area contributed by atoms with Crippen LogP contribution in [0.25, 0.3) is 0 Å². The Bertz CT molecular complexity index is 322. The fraction of sp³-hybridized carbons (Fsp3) is 0. The van der Waals surface area contributed by atoms with E-state index < -0.39 is 4.92 Å². The smallest absolute Gasteiger partial charge is 0.278 e. The Labute approximate surface area is 68.1 Å². The van der Waals surface area contributed by atoms with Gasteiger partial charge in [0.05, 0.1) is 10.5 Å². The molecule has 0 amide bonds. The van der Waals surface area contributed by atoms with Gasteiger partial charge in [-0.15, -0.1) is 0 Å². The van der Waals surface area contributed by atoms with Gasteiger partial charge < -0.3 is 10.4 Å². The molecule has 5 heteroatoms. The van der Waals surface area contributed by atoms with Crippen molar-refractivity contribution in [1.82, 2.24) is 0 Å². The van der Waals surface area contributed by atoms with E-state index >= 15 is 0 Å². The Morgan fingerprint density at radius 1 is 1.42 bits per heavy atom. The maximum absolute atomic E-state index is 10.3. The van der Waals surface area contributed by atoms with Crippen molar-refractivity contribution >= 4 is 11.9 Å². The fourth-order valence-electron chi connectivity index (χ4n) is 0.820. The van der Waals surface area contributed by atoms with Crippen molar-refractivity contribution in [2.45, 2.75) is 0 Å². The monoisotopic (exact) mass is 165 g/mol. The van der Waals surface area contributed by atoms with Crippen LogP contribution in [0.4, 0.5) is 5.69 Å². The summed E-state index contributed by atoms with van der Waals surface area (Å²) in [6, 6.07) is 5.90. The molecular weight excluding hydrogens is 160 g/mol. The van der Waals surface area contributed by atoms with Gasteiger partial charge in [0.1, 0.15) is 0 Å². The van der Waals surface area contributed by atoms with E-state index in [0.29, 0.717) is 0 Å². The molecule has 0 fully saturated rings. The van der Waals surface area contributed by atoms with E-state index in [2.05, 4.69) is 5.16 Å². The summed E-state index contributed by atoms with van der Waals surface area (Å²) in [5.41, 5.74) is 0.106. The Kier molecular flexibility index (Phi) is 2.37. The summed E-state index contributed by atoms with van der Waals surface area (Å²) in [7, 11) is 0. The first-order valence-electron chi connectivity index (χ1n) is 3.15. The number of benzene rings is 1. The molecule has 1 aromatic rings. The minimum absolute atomic E-state index is 0.114. The van der Waals surface area contributed by atoms with Gasteiger partial charge in [-0.25, -0.2) is 0 Å². The lowest BCUT2D eigenvalue weighted by Crippen LogP contribution is -1.93. The van der Waals surface area contributed by atoms with Gasteiger partial charge in [-0.1, -0.05) is 12.1 Å². The quantitative estimate of drug-likeness (QED) is 0.378. The van der Waals surface area contributed by atoms with Gasteiger partial charge in [-0.05, 0) is 6.07 Å². The van der Waals surface area contributed by atoms with Crippen LogP contribution in [0.2, 0.25) is 0 Å². The fourth-order valence-corrected chi connectivity index (χ4v) is 0.820. The molecule has 0 radical (unpaired) electrons. The Hall–Kier alpha value is -1.91. The second-order valence-corrected chi connectivity index (χ2v) is 2.05. The maximum atomic E-state index is 10.3. The third-order valence-electron chi connectivity index (χ3n) is 1.33. The lowest BCUT2D eigenvalue weighted by atomic mass is 10.2. The van der Waals surface area contributed by atoms with Gasteiger partial charge in [-0.3, -0.25) is 10.1 Å². The van der Waals surface area contributed by atoms with Crippen LogP contribution >= 0.6 is 0 Å². The molecule has 0 aliphatic heterocycles. The molecule has 62 valence electrons. The number of rotatable bonds is 2. The van der Waals surface area contributed by atoms with Gasteiger partial charge in [0, 0.05) is 12.3 Å². The lowest BCUT2D eigenvalue weighted by Gasteiger charge is -1.96. The third kappa shape index (κ3) is 1.57. The van der Waals surface area contributed by atoms with Crippen LogP contribution in [0.3, 0.4) is 0 Å². The number of nitro benzene ring substituents is 1. The van der Waals surface area contributed by atoms with Crippen LogP contribution in [0.15, 0.2) is 29.4 Å². The normalized spacial score (nSPS) is 10.3. The van der Waals surface area contributed by atoms with Crippen LogP contribution in [-0.2, 0) is 0 Å². The SMILES string of the molecule is O=[N+]([O-])c1ccccc1C=N[O-]. The predicted molar refractivity (Wildman–Crippen MR) is 44.1 cm³/mol. The first kappa shape index (κ1) is 8.19. The van der Waals surface area contributed by atoms with Crippen molar-refractivity contribution in [2.24, 2.45) is 5.16 Å². The summed E-state index contributed by atoms with van der Waals surface area (Å²) >= 11 is 0. The van der Waals surface area contributed by atoms with Crippen molar-refractivity contribution < 1.29 is 4.92 Å². The zero-order valence-corrected chi connectivity index (χ0v) is 6.01. The predicted octanol–water partition coefficient (Wildman–Crippen LogP) is 1.51. The highest BCUT2D eigenvalue weighted by Crippen LogP contribution is 2.14. The van der Waals surface area contributed by atoms with Crippen molar-refractivity contribution in [3.8, 4) is 0 Å². The Morgan fingerprint density at radius 2 is 2.08 bits per heavy atom. The van der Waals surface area contributed by atoms with Gasteiger partial charge in [0.15, 0.2) is 0 Å². The molecule has 0 aliphatic rings. The average molecular weight is 165 g/mol. The molecule has 1 rings (SSSR count). The Morgan fingerprint density at radius 3 is 2.67 bits per heavy atom. The summed E-state index contributed by atoms with van der Waals surface area (Å²) in [6.45, 7) is 0. The summed E-state index contributed by atoms with van der Waals surface area (Å²) in [4.78, 5) is 9.78. The first-order chi connectivity index (χ1) is 5.75. The molecule has 0 spiro atoms. The van der Waals surface area contributed by atoms with Gasteiger partial charge in [0.25, 0.3) is 5.69 Å². The molecule has 0 saturated heterocycles. The summed E-state index contributed by atoms with van der Waals surface area (Å²) in [6.07, 6.45) is 0.915. The van der Waals surface area contributed by atoms with Crippen molar-refractivity contribution in [3.63, 3.8) is 0 Å². The van der Waals surface area contributed by atoms with E-state index in [0.717, 1.165) is 6.21 Å². The minimum atomic E-state index is -0.559. The van der Waals surface area contributed by atoms with Crippen LogP contribution in [0.5, 0.6) is 0 Å². The van der Waals surface area contributed by atoms with E-state index in [1.165, 1.54) is 18.2 Å². The molecular formula is C7H5N2O3-. The zero-order chi connectivity index (χ0) is 8.97.